The fourth-order valence-corrected chi connectivity index (χ4v) is 0.896. The lowest BCUT2D eigenvalue weighted by Crippen LogP contribution is -1.88. The molecule has 0 saturated heterocycles. The van der Waals surface area contributed by atoms with Gasteiger partial charge >= 0.3 is 8.25 Å². The molecule has 0 aromatic heterocycles. The van der Waals surface area contributed by atoms with Crippen LogP contribution in [0.4, 0.5) is 0 Å². The lowest BCUT2D eigenvalue weighted by molar-refractivity contribution is 0.101. The maximum atomic E-state index is 10.6. The van der Waals surface area contributed by atoms with Gasteiger partial charge in [0.1, 0.15) is 0 Å². The monoisotopic (exact) mass is 229 g/mol. The summed E-state index contributed by atoms with van der Waals surface area (Å²) in [5, 5.41) is 0. The second-order valence-corrected chi connectivity index (χ2v) is 3.69. The van der Waals surface area contributed by atoms with Crippen LogP contribution in [-0.4, -0.2) is 20.0 Å². The molecule has 0 fully saturated rings. The van der Waals surface area contributed by atoms with E-state index in [9.17, 15) is 9.36 Å². The average molecular weight is 229 g/mol. The molecule has 5 heteroatoms. The van der Waals surface area contributed by atoms with Gasteiger partial charge in [0.25, 0.3) is 0 Å². The quantitative estimate of drug-likeness (QED) is 0.590. The van der Waals surface area contributed by atoms with Crippen molar-refractivity contribution in [2.24, 2.45) is 0 Å². The van der Waals surface area contributed by atoms with Crippen LogP contribution in [0.15, 0.2) is 30.3 Å². The Bertz CT molecular complexity index is 304. The Morgan fingerprint density at radius 2 is 1.60 bits per heavy atom. The number of hydrogen-bond donors (Lipinski definition) is 0. The number of benzene rings is 1. The van der Waals surface area contributed by atoms with Gasteiger partial charge in [0.15, 0.2) is 5.78 Å². The average Bonchev–Trinajstić information content (AvgIpc) is 2.30. The van der Waals surface area contributed by atoms with E-state index in [-0.39, 0.29) is 5.78 Å². The Morgan fingerprint density at radius 3 is 1.80 bits per heavy atom. The minimum Gasteiger partial charge on any atom is -0.295 e. The van der Waals surface area contributed by atoms with E-state index in [4.69, 9.17) is 0 Å². The Kier molecular flexibility index (Phi) is 7.64. The van der Waals surface area contributed by atoms with Crippen molar-refractivity contribution in [3.8, 4) is 0 Å². The minimum absolute atomic E-state index is 0.121. The summed E-state index contributed by atoms with van der Waals surface area (Å²) in [5.74, 6) is 0.121. The van der Waals surface area contributed by atoms with Gasteiger partial charge in [-0.25, -0.2) is 0 Å². The summed E-state index contributed by atoms with van der Waals surface area (Å²) in [5.41, 5.74) is 0.775. The summed E-state index contributed by atoms with van der Waals surface area (Å²) in [7, 11) is 0.817. The topological polar surface area (TPSA) is 52.6 Å². The number of carbonyl (C=O) groups excluding carboxylic acids is 1. The zero-order valence-electron chi connectivity index (χ0n) is 8.97. The molecule has 0 aliphatic carbocycles. The molecular formula is C10H14O4P+. The third kappa shape index (κ3) is 6.91. The van der Waals surface area contributed by atoms with Crippen LogP contribution in [0.5, 0.6) is 0 Å². The standard InChI is InChI=1S/C8H8O.C2H6O3P/c1-7(9)8-5-3-2-4-6-8;1-4-6(3)5-2/h2-6H,1H3;1-2H3/q;+1. The van der Waals surface area contributed by atoms with Crippen molar-refractivity contribution in [2.45, 2.75) is 6.92 Å². The van der Waals surface area contributed by atoms with Crippen LogP contribution < -0.4 is 0 Å². The van der Waals surface area contributed by atoms with Crippen molar-refractivity contribution in [1.82, 2.24) is 0 Å². The fourth-order valence-electron chi connectivity index (χ4n) is 0.747. The molecular weight excluding hydrogens is 215 g/mol. The van der Waals surface area contributed by atoms with E-state index in [0.29, 0.717) is 0 Å². The molecule has 0 radical (unpaired) electrons. The second kappa shape index (κ2) is 8.24. The van der Waals surface area contributed by atoms with Gasteiger partial charge < -0.3 is 0 Å². The van der Waals surface area contributed by atoms with Crippen LogP contribution >= 0.6 is 8.25 Å². The van der Waals surface area contributed by atoms with Crippen molar-refractivity contribution in [3.63, 3.8) is 0 Å². The fraction of sp³-hybridized carbons (Fsp3) is 0.300. The Labute approximate surface area is 90.2 Å². The van der Waals surface area contributed by atoms with E-state index in [1.807, 2.05) is 30.3 Å². The Balaban J connectivity index is 0.000000288. The second-order valence-electron chi connectivity index (χ2n) is 2.51. The van der Waals surface area contributed by atoms with Crippen LogP contribution in [0.2, 0.25) is 0 Å². The molecule has 1 aromatic carbocycles. The van der Waals surface area contributed by atoms with Crippen molar-refractivity contribution in [3.05, 3.63) is 35.9 Å². The summed E-state index contributed by atoms with van der Waals surface area (Å²) < 4.78 is 18.3. The van der Waals surface area contributed by atoms with Gasteiger partial charge in [0.2, 0.25) is 0 Å². The van der Waals surface area contributed by atoms with Gasteiger partial charge in [-0.3, -0.25) is 4.79 Å². The van der Waals surface area contributed by atoms with Crippen molar-refractivity contribution in [1.29, 1.82) is 0 Å². The molecule has 0 saturated carbocycles. The molecule has 15 heavy (non-hydrogen) atoms. The lowest BCUT2D eigenvalue weighted by atomic mass is 10.2. The highest BCUT2D eigenvalue weighted by atomic mass is 31.1. The molecule has 0 bridgehead atoms. The first-order chi connectivity index (χ1) is 7.11. The number of hydrogen-bond acceptors (Lipinski definition) is 4. The van der Waals surface area contributed by atoms with Crippen molar-refractivity contribution >= 4 is 14.0 Å². The van der Waals surface area contributed by atoms with Gasteiger partial charge in [-0.1, -0.05) is 30.3 Å². The van der Waals surface area contributed by atoms with Crippen molar-refractivity contribution in [2.75, 3.05) is 14.2 Å². The van der Waals surface area contributed by atoms with E-state index in [2.05, 4.69) is 9.05 Å². The molecule has 0 atom stereocenters. The van der Waals surface area contributed by atoms with E-state index >= 15 is 0 Å². The van der Waals surface area contributed by atoms with E-state index in [0.717, 1.165) is 5.56 Å². The molecule has 0 unspecified atom stereocenters. The van der Waals surface area contributed by atoms with Crippen LogP contribution in [0.3, 0.4) is 0 Å². The molecule has 82 valence electrons. The predicted octanol–water partition coefficient (Wildman–Crippen LogP) is 2.83. The molecule has 1 rings (SSSR count). The predicted molar refractivity (Wildman–Crippen MR) is 58.1 cm³/mol. The minimum atomic E-state index is -1.83. The maximum absolute atomic E-state index is 10.6. The first-order valence-corrected chi connectivity index (χ1v) is 5.32. The van der Waals surface area contributed by atoms with Crippen LogP contribution in [0.1, 0.15) is 17.3 Å². The molecule has 0 aliphatic rings. The van der Waals surface area contributed by atoms with Crippen molar-refractivity contribution < 1.29 is 18.4 Å². The summed E-state index contributed by atoms with van der Waals surface area (Å²) in [4.78, 5) is 10.6. The van der Waals surface area contributed by atoms with Crippen LogP contribution in [-0.2, 0) is 13.6 Å². The van der Waals surface area contributed by atoms with E-state index < -0.39 is 8.25 Å². The van der Waals surface area contributed by atoms with E-state index in [1.165, 1.54) is 14.2 Å². The highest BCUT2D eigenvalue weighted by Gasteiger charge is 2.10. The number of ketones is 1. The molecule has 0 aliphatic heterocycles. The number of carbonyl (C=O) groups is 1. The van der Waals surface area contributed by atoms with Gasteiger partial charge in [-0.15, -0.1) is 9.05 Å². The first kappa shape index (κ1) is 13.9. The summed E-state index contributed by atoms with van der Waals surface area (Å²) in [6.07, 6.45) is 0. The Hall–Kier alpha value is -1.09. The van der Waals surface area contributed by atoms with Gasteiger partial charge in [0, 0.05) is 10.1 Å². The van der Waals surface area contributed by atoms with Gasteiger partial charge in [-0.05, 0) is 6.92 Å². The van der Waals surface area contributed by atoms with Crippen LogP contribution in [0, 0.1) is 0 Å². The molecule has 1 aromatic rings. The molecule has 4 nitrogen and oxygen atoms in total. The van der Waals surface area contributed by atoms with Gasteiger partial charge in [0.05, 0.1) is 14.2 Å². The third-order valence-electron chi connectivity index (χ3n) is 1.48. The number of Topliss-reactive ketones (excluding diaryl/α,β-unsaturated/α-hetero) is 1. The maximum Gasteiger partial charge on any atom is 0.696 e. The number of rotatable bonds is 3. The van der Waals surface area contributed by atoms with E-state index in [1.54, 1.807) is 6.92 Å². The lowest BCUT2D eigenvalue weighted by Gasteiger charge is -1.89. The summed E-state index contributed by atoms with van der Waals surface area (Å²) >= 11 is 0. The highest BCUT2D eigenvalue weighted by Crippen LogP contribution is 2.18. The third-order valence-corrected chi connectivity index (χ3v) is 2.07. The largest absolute Gasteiger partial charge is 0.696 e. The zero-order valence-corrected chi connectivity index (χ0v) is 9.86. The first-order valence-electron chi connectivity index (χ1n) is 4.23. The molecule has 0 spiro atoms. The SMILES string of the molecule is CC(=O)c1ccccc1.CO[P+](=O)OC. The summed E-state index contributed by atoms with van der Waals surface area (Å²) in [6, 6.07) is 9.23. The zero-order chi connectivity index (χ0) is 11.7. The molecule has 0 N–H and O–H groups in total. The van der Waals surface area contributed by atoms with Gasteiger partial charge in [-0.2, -0.15) is 0 Å². The normalized spacial score (nSPS) is 8.73. The molecule has 0 heterocycles. The Morgan fingerprint density at radius 1 is 1.13 bits per heavy atom. The summed E-state index contributed by atoms with van der Waals surface area (Å²) in [6.45, 7) is 1.56. The molecule has 0 amide bonds. The highest BCUT2D eigenvalue weighted by molar-refractivity contribution is 7.33. The van der Waals surface area contributed by atoms with Crippen LogP contribution in [0.25, 0.3) is 0 Å². The smallest absolute Gasteiger partial charge is 0.295 e.